The van der Waals surface area contributed by atoms with E-state index in [1.807, 2.05) is 48.5 Å². The zero-order chi connectivity index (χ0) is 20.8. The first-order valence-corrected chi connectivity index (χ1v) is 10.4. The number of para-hydroxylation sites is 1. The second kappa shape index (κ2) is 9.65. The monoisotopic (exact) mass is 421 g/mol. The van der Waals surface area contributed by atoms with Gasteiger partial charge in [0, 0.05) is 17.1 Å². The van der Waals surface area contributed by atoms with Gasteiger partial charge < -0.3 is 19.8 Å². The average molecular weight is 422 g/mol. The van der Waals surface area contributed by atoms with Crippen LogP contribution in [0.3, 0.4) is 0 Å². The van der Waals surface area contributed by atoms with Crippen molar-refractivity contribution in [2.45, 2.75) is 19.6 Å². The van der Waals surface area contributed by atoms with E-state index in [4.69, 9.17) is 26.5 Å². The van der Waals surface area contributed by atoms with E-state index in [0.29, 0.717) is 36.3 Å². The number of oxazole rings is 1. The Bertz CT molecular complexity index is 1100. The van der Waals surface area contributed by atoms with Gasteiger partial charge in [-0.2, -0.15) is 4.98 Å². The fourth-order valence-electron chi connectivity index (χ4n) is 3.26. The molecule has 2 N–H and O–H groups in total. The second-order valence-electron chi connectivity index (χ2n) is 7.05. The normalized spacial score (nSPS) is 11.0. The number of rotatable bonds is 9. The van der Waals surface area contributed by atoms with E-state index in [9.17, 15) is 0 Å². The molecule has 0 saturated carbocycles. The lowest BCUT2D eigenvalue weighted by molar-refractivity contribution is 0.302. The molecular weight excluding hydrogens is 398 g/mol. The Balaban J connectivity index is 1.57. The summed E-state index contributed by atoms with van der Waals surface area (Å²) in [4.78, 5) is 6.73. The van der Waals surface area contributed by atoms with Crippen LogP contribution in [0.1, 0.15) is 17.5 Å². The second-order valence-corrected chi connectivity index (χ2v) is 7.49. The molecule has 0 unspecified atom stereocenters. The van der Waals surface area contributed by atoms with Crippen molar-refractivity contribution < 1.29 is 9.15 Å². The van der Waals surface area contributed by atoms with Gasteiger partial charge in [-0.25, -0.2) is 0 Å². The fourth-order valence-corrected chi connectivity index (χ4v) is 3.43. The van der Waals surface area contributed by atoms with Crippen molar-refractivity contribution in [2.75, 3.05) is 18.0 Å². The van der Waals surface area contributed by atoms with Gasteiger partial charge in [0.1, 0.15) is 17.9 Å². The van der Waals surface area contributed by atoms with E-state index in [2.05, 4.69) is 28.1 Å². The Kier molecular flexibility index (Phi) is 6.52. The number of hydrogen-bond donors (Lipinski definition) is 1. The SMILES string of the molecule is NCCCN(Cc1ccccc1OCc1ccccc1)c1nc2cc(Cl)ccc2o1. The van der Waals surface area contributed by atoms with Gasteiger partial charge in [0.15, 0.2) is 5.58 Å². The number of ether oxygens (including phenoxy) is 1. The zero-order valence-corrected chi connectivity index (χ0v) is 17.4. The van der Waals surface area contributed by atoms with Crippen LogP contribution < -0.4 is 15.4 Å². The number of anilines is 1. The Hall–Kier alpha value is -3.02. The molecule has 4 rings (SSSR count). The summed E-state index contributed by atoms with van der Waals surface area (Å²) >= 11 is 6.10. The number of fused-ring (bicyclic) bond motifs is 1. The zero-order valence-electron chi connectivity index (χ0n) is 16.6. The van der Waals surface area contributed by atoms with Gasteiger partial charge in [-0.3, -0.25) is 0 Å². The Morgan fingerprint density at radius 1 is 1.00 bits per heavy atom. The average Bonchev–Trinajstić information content (AvgIpc) is 3.19. The Morgan fingerprint density at radius 2 is 1.80 bits per heavy atom. The molecular formula is C24H24ClN3O2. The minimum atomic E-state index is 0.516. The standard InChI is InChI=1S/C24H24ClN3O2/c25-20-11-12-23-21(15-20)27-24(30-23)28(14-6-13-26)16-19-9-4-5-10-22(19)29-17-18-7-2-1-3-8-18/h1-5,7-12,15H,6,13-14,16-17,26H2. The summed E-state index contributed by atoms with van der Waals surface area (Å²) in [5, 5.41) is 0.635. The molecule has 0 aliphatic heterocycles. The van der Waals surface area contributed by atoms with Crippen LogP contribution in [0.15, 0.2) is 77.2 Å². The van der Waals surface area contributed by atoms with Crippen molar-refractivity contribution in [2.24, 2.45) is 5.73 Å². The van der Waals surface area contributed by atoms with Gasteiger partial charge in [-0.15, -0.1) is 0 Å². The number of halogens is 1. The molecule has 4 aromatic rings. The highest BCUT2D eigenvalue weighted by atomic mass is 35.5. The lowest BCUT2D eigenvalue weighted by atomic mass is 10.2. The first-order valence-electron chi connectivity index (χ1n) is 9.98. The minimum absolute atomic E-state index is 0.516. The first-order chi connectivity index (χ1) is 14.7. The summed E-state index contributed by atoms with van der Waals surface area (Å²) in [6.45, 7) is 2.44. The van der Waals surface area contributed by atoms with E-state index < -0.39 is 0 Å². The molecule has 0 bridgehead atoms. The van der Waals surface area contributed by atoms with E-state index in [1.54, 1.807) is 6.07 Å². The third-order valence-electron chi connectivity index (χ3n) is 4.81. The van der Waals surface area contributed by atoms with Crippen LogP contribution in [0.2, 0.25) is 5.02 Å². The van der Waals surface area contributed by atoms with Crippen LogP contribution in [0.5, 0.6) is 5.75 Å². The van der Waals surface area contributed by atoms with Crippen LogP contribution in [-0.2, 0) is 13.2 Å². The van der Waals surface area contributed by atoms with Crippen molar-refractivity contribution in [3.8, 4) is 5.75 Å². The summed E-state index contributed by atoms with van der Waals surface area (Å²) < 4.78 is 12.1. The van der Waals surface area contributed by atoms with Crippen LogP contribution in [0.25, 0.3) is 11.1 Å². The molecule has 0 atom stereocenters. The molecule has 30 heavy (non-hydrogen) atoms. The lowest BCUT2D eigenvalue weighted by Gasteiger charge is -2.22. The highest BCUT2D eigenvalue weighted by Crippen LogP contribution is 2.28. The summed E-state index contributed by atoms with van der Waals surface area (Å²) in [7, 11) is 0. The summed E-state index contributed by atoms with van der Waals surface area (Å²) in [5.74, 6) is 0.846. The van der Waals surface area contributed by atoms with Gasteiger partial charge in [0.2, 0.25) is 0 Å². The van der Waals surface area contributed by atoms with Gasteiger partial charge in [-0.05, 0) is 42.8 Å². The third-order valence-corrected chi connectivity index (χ3v) is 5.05. The van der Waals surface area contributed by atoms with Crippen LogP contribution in [0, 0.1) is 0 Å². The third kappa shape index (κ3) is 4.93. The number of nitrogens with zero attached hydrogens (tertiary/aromatic N) is 2. The van der Waals surface area contributed by atoms with Crippen LogP contribution in [-0.4, -0.2) is 18.1 Å². The fraction of sp³-hybridized carbons (Fsp3) is 0.208. The van der Waals surface area contributed by atoms with E-state index in [-0.39, 0.29) is 0 Å². The van der Waals surface area contributed by atoms with Gasteiger partial charge in [0.25, 0.3) is 6.01 Å². The van der Waals surface area contributed by atoms with Crippen molar-refractivity contribution >= 4 is 28.7 Å². The number of hydrogen-bond acceptors (Lipinski definition) is 5. The molecule has 1 heterocycles. The van der Waals surface area contributed by atoms with Gasteiger partial charge >= 0.3 is 0 Å². The quantitative estimate of drug-likeness (QED) is 0.391. The molecule has 1 aromatic heterocycles. The predicted molar refractivity (Wildman–Crippen MR) is 121 cm³/mol. The largest absolute Gasteiger partial charge is 0.489 e. The van der Waals surface area contributed by atoms with Crippen molar-refractivity contribution in [1.29, 1.82) is 0 Å². The first kappa shape index (κ1) is 20.3. The van der Waals surface area contributed by atoms with Gasteiger partial charge in [-0.1, -0.05) is 60.1 Å². The van der Waals surface area contributed by atoms with E-state index in [1.165, 1.54) is 0 Å². The molecule has 3 aromatic carbocycles. The summed E-state index contributed by atoms with van der Waals surface area (Å²) in [6.07, 6.45) is 0.826. The molecule has 0 fully saturated rings. The predicted octanol–water partition coefficient (Wildman–Crippen LogP) is 5.42. The summed E-state index contributed by atoms with van der Waals surface area (Å²) in [6, 6.07) is 24.2. The van der Waals surface area contributed by atoms with Crippen molar-refractivity contribution in [3.63, 3.8) is 0 Å². The maximum Gasteiger partial charge on any atom is 0.298 e. The Labute approximate surface area is 181 Å². The highest BCUT2D eigenvalue weighted by molar-refractivity contribution is 6.31. The van der Waals surface area contributed by atoms with Crippen molar-refractivity contribution in [1.82, 2.24) is 4.98 Å². The molecule has 0 saturated heterocycles. The maximum absolute atomic E-state index is 6.12. The van der Waals surface area contributed by atoms with Crippen LogP contribution in [0.4, 0.5) is 6.01 Å². The highest BCUT2D eigenvalue weighted by Gasteiger charge is 2.17. The number of nitrogens with two attached hydrogens (primary N) is 1. The molecule has 6 heteroatoms. The molecule has 0 radical (unpaired) electrons. The molecule has 0 amide bonds. The van der Waals surface area contributed by atoms with E-state index in [0.717, 1.165) is 35.4 Å². The molecule has 0 aliphatic rings. The maximum atomic E-state index is 6.12. The lowest BCUT2D eigenvalue weighted by Crippen LogP contribution is -2.26. The van der Waals surface area contributed by atoms with Crippen LogP contribution >= 0.6 is 11.6 Å². The summed E-state index contributed by atoms with van der Waals surface area (Å²) in [5.41, 5.74) is 9.40. The number of benzene rings is 3. The minimum Gasteiger partial charge on any atom is -0.489 e. The number of aromatic nitrogens is 1. The van der Waals surface area contributed by atoms with E-state index >= 15 is 0 Å². The van der Waals surface area contributed by atoms with Crippen molar-refractivity contribution in [3.05, 3.63) is 88.9 Å². The smallest absolute Gasteiger partial charge is 0.298 e. The molecule has 0 aliphatic carbocycles. The topological polar surface area (TPSA) is 64.5 Å². The molecule has 0 spiro atoms. The molecule has 154 valence electrons. The van der Waals surface area contributed by atoms with Gasteiger partial charge in [0.05, 0.1) is 6.54 Å². The molecule has 5 nitrogen and oxygen atoms in total. The Morgan fingerprint density at radius 3 is 2.63 bits per heavy atom.